The van der Waals surface area contributed by atoms with Crippen molar-refractivity contribution in [3.63, 3.8) is 0 Å². The average molecular weight is 500 g/mol. The molecule has 3 aromatic rings. The van der Waals surface area contributed by atoms with Gasteiger partial charge in [-0.15, -0.1) is 0 Å². The van der Waals surface area contributed by atoms with Crippen LogP contribution in [0, 0.1) is 5.92 Å². The zero-order valence-corrected chi connectivity index (χ0v) is 21.5. The maximum Gasteiger partial charge on any atom is 0.407 e. The number of hydrogen-bond donors (Lipinski definition) is 2. The fourth-order valence-corrected chi connectivity index (χ4v) is 5.09. The van der Waals surface area contributed by atoms with E-state index in [0.29, 0.717) is 36.1 Å². The molecule has 1 saturated heterocycles. The van der Waals surface area contributed by atoms with E-state index >= 15 is 0 Å². The maximum absolute atomic E-state index is 12.1. The Balaban J connectivity index is 1.51. The number of hydrogen-bond acceptors (Lipinski definition) is 7. The Bertz CT molecular complexity index is 1250. The van der Waals surface area contributed by atoms with Crippen molar-refractivity contribution in [3.05, 3.63) is 24.0 Å². The van der Waals surface area contributed by atoms with Gasteiger partial charge in [0.2, 0.25) is 0 Å². The minimum absolute atomic E-state index is 0.264. The number of carboxylic acid groups (broad SMARTS) is 1. The molecule has 1 aliphatic rings. The van der Waals surface area contributed by atoms with Gasteiger partial charge in [0, 0.05) is 42.1 Å². The number of fused-ring (bicyclic) bond motifs is 3. The number of amides is 2. The van der Waals surface area contributed by atoms with Crippen molar-refractivity contribution in [1.29, 1.82) is 0 Å². The topological polar surface area (TPSA) is 130 Å². The summed E-state index contributed by atoms with van der Waals surface area (Å²) in [7, 11) is 0. The van der Waals surface area contributed by atoms with E-state index in [0.717, 1.165) is 42.4 Å². The van der Waals surface area contributed by atoms with Crippen LogP contribution in [0.2, 0.25) is 0 Å². The fraction of sp³-hybridized carbons (Fsp3) is 0.542. The summed E-state index contributed by atoms with van der Waals surface area (Å²) >= 11 is 1.47. The van der Waals surface area contributed by atoms with Gasteiger partial charge in [-0.2, -0.15) is 5.10 Å². The summed E-state index contributed by atoms with van der Waals surface area (Å²) in [5, 5.41) is 16.4. The molecule has 0 aliphatic carbocycles. The van der Waals surface area contributed by atoms with E-state index in [4.69, 9.17) is 10.7 Å². The number of benzene rings is 1. The highest BCUT2D eigenvalue weighted by molar-refractivity contribution is 7.98. The Morgan fingerprint density at radius 1 is 1.26 bits per heavy atom. The van der Waals surface area contributed by atoms with Crippen LogP contribution in [0.25, 0.3) is 21.8 Å². The molecule has 0 saturated carbocycles. The van der Waals surface area contributed by atoms with Crippen LogP contribution in [-0.4, -0.2) is 84.6 Å². The van der Waals surface area contributed by atoms with Crippen molar-refractivity contribution in [2.75, 3.05) is 32.4 Å². The summed E-state index contributed by atoms with van der Waals surface area (Å²) in [5.74, 6) is -0.172. The van der Waals surface area contributed by atoms with Crippen LogP contribution in [0.3, 0.4) is 0 Å². The largest absolute Gasteiger partial charge is 0.465 e. The van der Waals surface area contributed by atoms with Crippen LogP contribution < -0.4 is 5.73 Å². The van der Waals surface area contributed by atoms with Gasteiger partial charge in [0.25, 0.3) is 5.91 Å². The minimum Gasteiger partial charge on any atom is -0.465 e. The second kappa shape index (κ2) is 9.98. The number of aromatic nitrogens is 4. The molecule has 1 fully saturated rings. The van der Waals surface area contributed by atoms with Gasteiger partial charge in [-0.05, 0) is 64.9 Å². The van der Waals surface area contributed by atoms with Gasteiger partial charge in [0.15, 0.2) is 10.9 Å². The fourth-order valence-electron chi connectivity index (χ4n) is 4.75. The maximum atomic E-state index is 12.1. The van der Waals surface area contributed by atoms with Crippen molar-refractivity contribution in [1.82, 2.24) is 29.5 Å². The molecule has 188 valence electrons. The molecule has 0 radical (unpaired) electrons. The monoisotopic (exact) mass is 499 g/mol. The first kappa shape index (κ1) is 25.2. The lowest BCUT2D eigenvalue weighted by atomic mass is 9.96. The van der Waals surface area contributed by atoms with Crippen LogP contribution in [0.15, 0.2) is 23.5 Å². The first-order chi connectivity index (χ1) is 16.6. The van der Waals surface area contributed by atoms with Crippen LogP contribution in [0.4, 0.5) is 4.79 Å². The third kappa shape index (κ3) is 5.35. The lowest BCUT2D eigenvalue weighted by Gasteiger charge is -2.37. The van der Waals surface area contributed by atoms with E-state index in [-0.39, 0.29) is 5.69 Å². The Kier molecular flexibility index (Phi) is 7.18. The van der Waals surface area contributed by atoms with Crippen molar-refractivity contribution in [2.24, 2.45) is 11.7 Å². The minimum atomic E-state index is -0.885. The predicted octanol–water partition coefficient (Wildman–Crippen LogP) is 3.29. The summed E-state index contributed by atoms with van der Waals surface area (Å²) in [5.41, 5.74) is 7.08. The highest BCUT2D eigenvalue weighted by Gasteiger charge is 2.28. The third-order valence-corrected chi connectivity index (χ3v) is 7.23. The second-order valence-corrected chi connectivity index (χ2v) is 10.8. The number of primary amides is 1. The van der Waals surface area contributed by atoms with Gasteiger partial charge >= 0.3 is 6.09 Å². The summed E-state index contributed by atoms with van der Waals surface area (Å²) < 4.78 is 1.89. The summed E-state index contributed by atoms with van der Waals surface area (Å²) in [4.78, 5) is 36.6. The molecule has 0 spiro atoms. The van der Waals surface area contributed by atoms with Gasteiger partial charge < -0.3 is 20.6 Å². The first-order valence-corrected chi connectivity index (χ1v) is 13.0. The average Bonchev–Trinajstić information content (AvgIpc) is 3.18. The molecule has 10 nitrogen and oxygen atoms in total. The highest BCUT2D eigenvalue weighted by atomic mass is 32.2. The molecule has 3 heterocycles. The molecule has 11 heteroatoms. The Morgan fingerprint density at radius 2 is 1.97 bits per heavy atom. The summed E-state index contributed by atoms with van der Waals surface area (Å²) in [6.45, 7) is 9.40. The smallest absolute Gasteiger partial charge is 0.407 e. The molecule has 35 heavy (non-hydrogen) atoms. The molecule has 0 unspecified atom stereocenters. The molecule has 0 bridgehead atoms. The number of nitrogens with two attached hydrogens (primary N) is 1. The van der Waals surface area contributed by atoms with Crippen LogP contribution in [0.1, 0.15) is 44.1 Å². The van der Waals surface area contributed by atoms with Gasteiger partial charge in [-0.3, -0.25) is 9.48 Å². The van der Waals surface area contributed by atoms with E-state index in [2.05, 4.69) is 15.0 Å². The third-order valence-electron chi connectivity index (χ3n) is 6.67. The molecular formula is C24H33N7O3S. The van der Waals surface area contributed by atoms with Gasteiger partial charge in [-0.1, -0.05) is 17.8 Å². The van der Waals surface area contributed by atoms with Crippen molar-refractivity contribution >= 4 is 45.6 Å². The van der Waals surface area contributed by atoms with Crippen molar-refractivity contribution in [2.45, 2.75) is 50.9 Å². The zero-order valence-electron chi connectivity index (χ0n) is 20.7. The Hall–Kier alpha value is -2.92. The number of nitrogens with zero attached hydrogens (tertiary/aromatic N) is 6. The highest BCUT2D eigenvalue weighted by Crippen LogP contribution is 2.29. The summed E-state index contributed by atoms with van der Waals surface area (Å²) in [6, 6.07) is 3.77. The van der Waals surface area contributed by atoms with Gasteiger partial charge in [0.1, 0.15) is 5.52 Å². The van der Waals surface area contributed by atoms with Crippen molar-refractivity contribution in [3.8, 4) is 0 Å². The molecule has 2 amide bonds. The lowest BCUT2D eigenvalue weighted by molar-refractivity contribution is 0.0838. The number of carbonyl (C=O) groups is 2. The summed E-state index contributed by atoms with van der Waals surface area (Å²) in [6.07, 6.45) is 4.77. The SMILES string of the molecule is CSc1ncc2ccc3c(C(N)=O)nn(CC4CCN(CCN(C(=O)O)C(C)(C)C)CC4)c3c2n1. The molecule has 4 rings (SSSR count). The number of rotatable bonds is 7. The van der Waals surface area contributed by atoms with E-state index < -0.39 is 17.5 Å². The van der Waals surface area contributed by atoms with E-state index in [1.807, 2.05) is 43.8 Å². The zero-order chi connectivity index (χ0) is 25.3. The van der Waals surface area contributed by atoms with Crippen molar-refractivity contribution < 1.29 is 14.7 Å². The molecule has 1 aromatic carbocycles. The number of thioether (sulfide) groups is 1. The molecule has 1 aliphatic heterocycles. The van der Waals surface area contributed by atoms with Crippen LogP contribution in [-0.2, 0) is 6.54 Å². The van der Waals surface area contributed by atoms with Crippen LogP contribution >= 0.6 is 11.8 Å². The van der Waals surface area contributed by atoms with E-state index in [9.17, 15) is 14.7 Å². The molecule has 2 aromatic heterocycles. The van der Waals surface area contributed by atoms with Gasteiger partial charge in [0.05, 0.1) is 5.52 Å². The Labute approximate surface area is 208 Å². The molecule has 3 N–H and O–H groups in total. The van der Waals surface area contributed by atoms with E-state index in [1.165, 1.54) is 16.7 Å². The number of likely N-dealkylation sites (tertiary alicyclic amines) is 1. The first-order valence-electron chi connectivity index (χ1n) is 11.8. The molecule has 0 atom stereocenters. The quantitative estimate of drug-likeness (QED) is 0.374. The Morgan fingerprint density at radius 3 is 2.57 bits per heavy atom. The normalized spacial score (nSPS) is 15.7. The predicted molar refractivity (Wildman–Crippen MR) is 137 cm³/mol. The van der Waals surface area contributed by atoms with Gasteiger partial charge in [-0.25, -0.2) is 14.8 Å². The van der Waals surface area contributed by atoms with Crippen LogP contribution in [0.5, 0.6) is 0 Å². The second-order valence-electron chi connectivity index (χ2n) is 10.0. The van der Waals surface area contributed by atoms with E-state index in [1.54, 1.807) is 6.20 Å². The standard InChI is InChI=1S/C24H33N7O3S/c1-24(2,3)30(23(33)34)12-11-29-9-7-15(8-10-29)14-31-20-17(19(28-31)21(25)32)6-5-16-13-26-22(35-4)27-18(16)20/h5-6,13,15H,7-12,14H2,1-4H3,(H2,25,32)(H,33,34). The lowest BCUT2D eigenvalue weighted by Crippen LogP contribution is -2.49. The number of piperidine rings is 1. The number of carbonyl (C=O) groups excluding carboxylic acids is 1. The molecular weight excluding hydrogens is 466 g/mol.